The number of nitrogens with one attached hydrogen (secondary N) is 1. The van der Waals surface area contributed by atoms with Crippen LogP contribution in [0.2, 0.25) is 0 Å². The molecule has 0 atom stereocenters. The maximum absolute atomic E-state index is 12.6. The standard InChI is InChI=1S/C13H12F3N3/c1-2-17-12-18-7-6-11(19-12)9-4-3-5-10(8-9)13(14,15)16/h3-8H,2H2,1H3,(H,17,18,19). The third kappa shape index (κ3) is 3.21. The largest absolute Gasteiger partial charge is 0.416 e. The summed E-state index contributed by atoms with van der Waals surface area (Å²) in [7, 11) is 0. The molecule has 0 aliphatic rings. The van der Waals surface area contributed by atoms with Gasteiger partial charge in [-0.25, -0.2) is 9.97 Å². The van der Waals surface area contributed by atoms with E-state index in [4.69, 9.17) is 0 Å². The van der Waals surface area contributed by atoms with Gasteiger partial charge in [-0.2, -0.15) is 13.2 Å². The van der Waals surface area contributed by atoms with Gasteiger partial charge in [-0.3, -0.25) is 0 Å². The van der Waals surface area contributed by atoms with Gasteiger partial charge in [0.25, 0.3) is 0 Å². The van der Waals surface area contributed by atoms with Crippen LogP contribution < -0.4 is 5.32 Å². The zero-order valence-corrected chi connectivity index (χ0v) is 10.2. The Morgan fingerprint density at radius 2 is 2.00 bits per heavy atom. The molecule has 0 fully saturated rings. The number of alkyl halides is 3. The van der Waals surface area contributed by atoms with Crippen molar-refractivity contribution in [1.82, 2.24) is 9.97 Å². The smallest absolute Gasteiger partial charge is 0.354 e. The maximum atomic E-state index is 12.6. The van der Waals surface area contributed by atoms with Crippen molar-refractivity contribution in [3.63, 3.8) is 0 Å². The molecular weight excluding hydrogens is 255 g/mol. The molecule has 0 bridgehead atoms. The number of aromatic nitrogens is 2. The van der Waals surface area contributed by atoms with E-state index in [-0.39, 0.29) is 0 Å². The van der Waals surface area contributed by atoms with Crippen LogP contribution in [0.4, 0.5) is 19.1 Å². The van der Waals surface area contributed by atoms with Crippen LogP contribution in [0, 0.1) is 0 Å². The lowest BCUT2D eigenvalue weighted by molar-refractivity contribution is -0.137. The molecule has 0 radical (unpaired) electrons. The monoisotopic (exact) mass is 267 g/mol. The Bertz CT molecular complexity index is 567. The summed E-state index contributed by atoms with van der Waals surface area (Å²) < 4.78 is 37.9. The van der Waals surface area contributed by atoms with Crippen LogP contribution in [0.5, 0.6) is 0 Å². The van der Waals surface area contributed by atoms with Crippen molar-refractivity contribution < 1.29 is 13.2 Å². The highest BCUT2D eigenvalue weighted by Crippen LogP contribution is 2.31. The van der Waals surface area contributed by atoms with E-state index in [0.29, 0.717) is 23.8 Å². The number of nitrogens with zero attached hydrogens (tertiary/aromatic N) is 2. The highest BCUT2D eigenvalue weighted by atomic mass is 19.4. The lowest BCUT2D eigenvalue weighted by Crippen LogP contribution is -2.05. The molecule has 0 saturated carbocycles. The van der Waals surface area contributed by atoms with E-state index in [1.165, 1.54) is 12.3 Å². The van der Waals surface area contributed by atoms with Gasteiger partial charge in [-0.15, -0.1) is 0 Å². The first-order valence-corrected chi connectivity index (χ1v) is 5.75. The second kappa shape index (κ2) is 5.26. The molecule has 100 valence electrons. The van der Waals surface area contributed by atoms with Gasteiger partial charge in [-0.05, 0) is 25.1 Å². The molecule has 2 rings (SSSR count). The second-order valence-corrected chi connectivity index (χ2v) is 3.87. The summed E-state index contributed by atoms with van der Waals surface area (Å²) in [5, 5.41) is 2.92. The number of anilines is 1. The Balaban J connectivity index is 2.39. The van der Waals surface area contributed by atoms with Gasteiger partial charge in [0.15, 0.2) is 0 Å². The Morgan fingerprint density at radius 3 is 2.68 bits per heavy atom. The van der Waals surface area contributed by atoms with Gasteiger partial charge >= 0.3 is 6.18 Å². The van der Waals surface area contributed by atoms with E-state index in [0.717, 1.165) is 12.1 Å². The zero-order chi connectivity index (χ0) is 13.9. The Kier molecular flexibility index (Phi) is 3.69. The number of benzene rings is 1. The molecule has 0 amide bonds. The fraction of sp³-hybridized carbons (Fsp3) is 0.231. The Hall–Kier alpha value is -2.11. The third-order valence-electron chi connectivity index (χ3n) is 2.48. The highest BCUT2D eigenvalue weighted by Gasteiger charge is 2.30. The van der Waals surface area contributed by atoms with Crippen LogP contribution in [0.25, 0.3) is 11.3 Å². The predicted octanol–water partition coefficient (Wildman–Crippen LogP) is 3.59. The summed E-state index contributed by atoms with van der Waals surface area (Å²) in [5.74, 6) is 0.400. The van der Waals surface area contributed by atoms with Crippen molar-refractivity contribution in [3.8, 4) is 11.3 Å². The molecule has 19 heavy (non-hydrogen) atoms. The molecule has 0 saturated heterocycles. The van der Waals surface area contributed by atoms with E-state index in [2.05, 4.69) is 15.3 Å². The lowest BCUT2D eigenvalue weighted by atomic mass is 10.1. The fourth-order valence-corrected chi connectivity index (χ4v) is 1.62. The fourth-order valence-electron chi connectivity index (χ4n) is 1.62. The summed E-state index contributed by atoms with van der Waals surface area (Å²) in [6.45, 7) is 2.53. The van der Waals surface area contributed by atoms with E-state index < -0.39 is 11.7 Å². The predicted molar refractivity (Wildman–Crippen MR) is 66.6 cm³/mol. The first kappa shape index (κ1) is 13.3. The average Bonchev–Trinajstić information content (AvgIpc) is 2.39. The van der Waals surface area contributed by atoms with Gasteiger partial charge < -0.3 is 5.32 Å². The van der Waals surface area contributed by atoms with Crippen molar-refractivity contribution in [2.24, 2.45) is 0 Å². The molecule has 1 aromatic carbocycles. The number of rotatable bonds is 3. The quantitative estimate of drug-likeness (QED) is 0.923. The summed E-state index contributed by atoms with van der Waals surface area (Å²) in [6, 6.07) is 6.66. The van der Waals surface area contributed by atoms with E-state index in [9.17, 15) is 13.2 Å². The molecule has 1 N–H and O–H groups in total. The molecular formula is C13H12F3N3. The summed E-state index contributed by atoms with van der Waals surface area (Å²) in [5.41, 5.74) is 0.182. The SMILES string of the molecule is CCNc1nccc(-c2cccc(C(F)(F)F)c2)n1. The molecule has 0 aliphatic heterocycles. The molecule has 2 aromatic rings. The van der Waals surface area contributed by atoms with Crippen LogP contribution >= 0.6 is 0 Å². The minimum Gasteiger partial charge on any atom is -0.354 e. The van der Waals surface area contributed by atoms with Crippen LogP contribution in [-0.2, 0) is 6.18 Å². The molecule has 0 unspecified atom stereocenters. The Morgan fingerprint density at radius 1 is 1.21 bits per heavy atom. The Labute approximate surface area is 108 Å². The zero-order valence-electron chi connectivity index (χ0n) is 10.2. The normalized spacial score (nSPS) is 11.4. The van der Waals surface area contributed by atoms with Crippen molar-refractivity contribution in [1.29, 1.82) is 0 Å². The van der Waals surface area contributed by atoms with Crippen molar-refractivity contribution in [3.05, 3.63) is 42.1 Å². The summed E-state index contributed by atoms with van der Waals surface area (Å²) in [4.78, 5) is 8.15. The lowest BCUT2D eigenvalue weighted by Gasteiger charge is -2.09. The second-order valence-electron chi connectivity index (χ2n) is 3.87. The van der Waals surface area contributed by atoms with Crippen molar-refractivity contribution >= 4 is 5.95 Å². The molecule has 3 nitrogen and oxygen atoms in total. The molecule has 0 spiro atoms. The molecule has 1 heterocycles. The summed E-state index contributed by atoms with van der Waals surface area (Å²) >= 11 is 0. The van der Waals surface area contributed by atoms with Crippen molar-refractivity contribution in [2.45, 2.75) is 13.1 Å². The minimum atomic E-state index is -4.35. The van der Waals surface area contributed by atoms with E-state index >= 15 is 0 Å². The first-order valence-electron chi connectivity index (χ1n) is 5.75. The highest BCUT2D eigenvalue weighted by molar-refractivity contribution is 5.61. The van der Waals surface area contributed by atoms with Gasteiger partial charge in [0.1, 0.15) is 0 Å². The van der Waals surface area contributed by atoms with Crippen LogP contribution in [0.1, 0.15) is 12.5 Å². The number of hydrogen-bond donors (Lipinski definition) is 1. The first-order chi connectivity index (χ1) is 9.00. The van der Waals surface area contributed by atoms with Crippen LogP contribution in [0.15, 0.2) is 36.5 Å². The molecule has 1 aromatic heterocycles. The average molecular weight is 267 g/mol. The van der Waals surface area contributed by atoms with Gasteiger partial charge in [0.2, 0.25) is 5.95 Å². The third-order valence-corrected chi connectivity index (χ3v) is 2.48. The maximum Gasteiger partial charge on any atom is 0.416 e. The van der Waals surface area contributed by atoms with Gasteiger partial charge in [-0.1, -0.05) is 12.1 Å². The molecule has 6 heteroatoms. The van der Waals surface area contributed by atoms with E-state index in [1.54, 1.807) is 12.1 Å². The van der Waals surface area contributed by atoms with Crippen molar-refractivity contribution in [2.75, 3.05) is 11.9 Å². The minimum absolute atomic E-state index is 0.400. The van der Waals surface area contributed by atoms with Gasteiger partial charge in [0, 0.05) is 18.3 Å². The molecule has 0 aliphatic carbocycles. The number of hydrogen-bond acceptors (Lipinski definition) is 3. The van der Waals surface area contributed by atoms with Crippen LogP contribution in [-0.4, -0.2) is 16.5 Å². The topological polar surface area (TPSA) is 37.8 Å². The van der Waals surface area contributed by atoms with E-state index in [1.807, 2.05) is 6.92 Å². The number of halogens is 3. The van der Waals surface area contributed by atoms with Gasteiger partial charge in [0.05, 0.1) is 11.3 Å². The van der Waals surface area contributed by atoms with Crippen LogP contribution in [0.3, 0.4) is 0 Å². The summed E-state index contributed by atoms with van der Waals surface area (Å²) in [6.07, 6.45) is -2.84.